The van der Waals surface area contributed by atoms with Gasteiger partial charge in [-0.1, -0.05) is 48.6 Å². The Kier molecular flexibility index (Phi) is 12.3. The summed E-state index contributed by atoms with van der Waals surface area (Å²) < 4.78 is 194. The highest BCUT2D eigenvalue weighted by molar-refractivity contribution is 8.06. The summed E-state index contributed by atoms with van der Waals surface area (Å²) in [4.78, 5) is 19.8. The van der Waals surface area contributed by atoms with Crippen LogP contribution in [0.15, 0.2) is 70.6 Å². The molecule has 3 aromatic rings. The van der Waals surface area contributed by atoms with Gasteiger partial charge in [0.25, 0.3) is 34.6 Å². The molecule has 0 aliphatic heterocycles. The molecular weight excluding hydrogens is 881 g/mol. The molecule has 8 N–H and O–H groups in total. The highest BCUT2D eigenvalue weighted by Gasteiger charge is 2.64. The molecule has 306 valence electrons. The molecule has 0 fully saturated rings. The van der Waals surface area contributed by atoms with E-state index in [0.29, 0.717) is 6.08 Å². The second-order valence-electron chi connectivity index (χ2n) is 10.9. The average Bonchev–Trinajstić information content (AvgIpc) is 3.07. The Morgan fingerprint density at radius 1 is 0.625 bits per heavy atom. The molecule has 26 nitrogen and oxygen atoms in total. The number of nitrogens with two attached hydrogens (primary N) is 2. The van der Waals surface area contributed by atoms with Crippen molar-refractivity contribution in [3.8, 4) is 12.0 Å². The number of hydrogen-bond donors (Lipinski definition) is 6. The van der Waals surface area contributed by atoms with Gasteiger partial charge in [0.1, 0.15) is 11.6 Å². The van der Waals surface area contributed by atoms with Crippen molar-refractivity contribution in [1.82, 2.24) is 29.9 Å². The van der Waals surface area contributed by atoms with Gasteiger partial charge in [-0.3, -0.25) is 18.2 Å². The molecule has 0 spiro atoms. The zero-order chi connectivity index (χ0) is 42.1. The number of nitrogens with zero attached hydrogens (tertiary/aromatic N) is 6. The van der Waals surface area contributed by atoms with Crippen molar-refractivity contribution < 1.29 is 77.1 Å². The molecule has 1 atom stereocenters. The van der Waals surface area contributed by atoms with Gasteiger partial charge in [-0.05, 0) is 11.6 Å². The van der Waals surface area contributed by atoms with E-state index in [1.807, 2.05) is 0 Å². The predicted octanol–water partition coefficient (Wildman–Crippen LogP) is -2.75. The molecule has 1 aliphatic carbocycles. The van der Waals surface area contributed by atoms with Crippen LogP contribution in [0.5, 0.6) is 12.0 Å². The molecule has 4 rings (SSSR count). The van der Waals surface area contributed by atoms with Crippen molar-refractivity contribution in [3.05, 3.63) is 77.5 Å². The number of aromatic nitrogens is 6. The number of allylic oxidation sites excluding steroid dienone is 3. The molecule has 1 aliphatic rings. The van der Waals surface area contributed by atoms with E-state index in [1.165, 1.54) is 24.3 Å². The summed E-state index contributed by atoms with van der Waals surface area (Å²) in [6.45, 7) is 0. The SMILES string of the molecule is NC(=C(N)C1C=CC=CC1(S(=O)(=O)Oc1nc(CCS(=O)(=O)O)nc(S(=O)(=O)O)n1)S(=O)(=O)Oc1nc(CCS(=O)(=O)O)nc(S(=O)(=O)O)n1)c1ccccc1. The quantitative estimate of drug-likeness (QED) is 0.0627. The van der Waals surface area contributed by atoms with Gasteiger partial charge in [0.15, 0.2) is 0 Å². The summed E-state index contributed by atoms with van der Waals surface area (Å²) in [5.41, 5.74) is 11.5. The van der Waals surface area contributed by atoms with Gasteiger partial charge >= 0.3 is 52.5 Å². The van der Waals surface area contributed by atoms with Crippen LogP contribution in [-0.4, -0.2) is 114 Å². The Morgan fingerprint density at radius 2 is 1.05 bits per heavy atom. The van der Waals surface area contributed by atoms with Crippen LogP contribution in [0, 0.1) is 5.92 Å². The highest BCUT2D eigenvalue weighted by atomic mass is 32.3. The van der Waals surface area contributed by atoms with E-state index in [1.54, 1.807) is 6.07 Å². The van der Waals surface area contributed by atoms with Gasteiger partial charge in [0.05, 0.1) is 23.1 Å². The van der Waals surface area contributed by atoms with Crippen LogP contribution in [0.2, 0.25) is 0 Å². The third-order valence-electron chi connectivity index (χ3n) is 6.97. The van der Waals surface area contributed by atoms with Gasteiger partial charge < -0.3 is 19.8 Å². The van der Waals surface area contributed by atoms with E-state index < -0.39 is 140 Å². The first kappa shape index (κ1) is 43.9. The summed E-state index contributed by atoms with van der Waals surface area (Å²) in [7, 11) is -32.8. The minimum Gasteiger partial charge on any atom is -0.400 e. The first-order valence-electron chi connectivity index (χ1n) is 14.4. The largest absolute Gasteiger partial charge is 0.400 e. The summed E-state index contributed by atoms with van der Waals surface area (Å²) in [6.07, 6.45) is 1.21. The maximum atomic E-state index is 14.5. The summed E-state index contributed by atoms with van der Waals surface area (Å²) in [5.74, 6) is -6.51. The molecular formula is C24H26N8O18S6. The first-order chi connectivity index (χ1) is 25.5. The van der Waals surface area contributed by atoms with Gasteiger partial charge in [0, 0.05) is 18.5 Å². The molecule has 0 saturated heterocycles. The van der Waals surface area contributed by atoms with E-state index in [-0.39, 0.29) is 5.56 Å². The number of hydrogen-bond acceptors (Lipinski definition) is 22. The Hall–Kier alpha value is -4.80. The van der Waals surface area contributed by atoms with Crippen LogP contribution >= 0.6 is 0 Å². The molecule has 2 aromatic heterocycles. The normalized spacial score (nSPS) is 16.9. The molecule has 1 unspecified atom stereocenters. The van der Waals surface area contributed by atoms with E-state index in [0.717, 1.165) is 18.2 Å². The second-order valence-corrected chi connectivity index (χ2v) is 20.4. The summed E-state index contributed by atoms with van der Waals surface area (Å²) >= 11 is 0. The lowest BCUT2D eigenvalue weighted by Gasteiger charge is -2.35. The molecule has 0 saturated carbocycles. The smallest absolute Gasteiger partial charge is 0.340 e. The lowest BCUT2D eigenvalue weighted by molar-refractivity contribution is 0.399. The third kappa shape index (κ3) is 10.3. The van der Waals surface area contributed by atoms with Crippen LogP contribution in [0.1, 0.15) is 17.2 Å². The minimum atomic E-state index is -6.16. The van der Waals surface area contributed by atoms with Gasteiger partial charge in [-0.2, -0.15) is 70.4 Å². The van der Waals surface area contributed by atoms with Crippen LogP contribution in [0.4, 0.5) is 0 Å². The van der Waals surface area contributed by atoms with Crippen LogP contribution in [0.3, 0.4) is 0 Å². The third-order valence-corrected chi connectivity index (χ3v) is 14.0. The van der Waals surface area contributed by atoms with Gasteiger partial charge in [0.2, 0.25) is 0 Å². The fourth-order valence-corrected chi connectivity index (χ4v) is 9.77. The number of aryl methyl sites for hydroxylation is 2. The van der Waals surface area contributed by atoms with Crippen molar-refractivity contribution in [2.75, 3.05) is 11.5 Å². The Bertz CT molecular complexity index is 2670. The maximum Gasteiger partial charge on any atom is 0.340 e. The maximum absolute atomic E-state index is 14.5. The van der Waals surface area contributed by atoms with Crippen LogP contribution in [0.25, 0.3) is 5.70 Å². The average molecular weight is 907 g/mol. The van der Waals surface area contributed by atoms with Crippen molar-refractivity contribution in [1.29, 1.82) is 0 Å². The fourth-order valence-electron chi connectivity index (χ4n) is 4.53. The van der Waals surface area contributed by atoms with E-state index in [4.69, 9.17) is 28.9 Å². The lowest BCUT2D eigenvalue weighted by Crippen LogP contribution is -2.56. The molecule has 2 heterocycles. The van der Waals surface area contributed by atoms with E-state index in [2.05, 4.69) is 29.9 Å². The highest BCUT2D eigenvalue weighted by Crippen LogP contribution is 2.43. The Labute approximate surface area is 317 Å². The fraction of sp³-hybridized carbons (Fsp3) is 0.250. The van der Waals surface area contributed by atoms with Gasteiger partial charge in [-0.15, -0.1) is 0 Å². The van der Waals surface area contributed by atoms with Crippen LogP contribution in [-0.2, 0) is 73.6 Å². The molecule has 56 heavy (non-hydrogen) atoms. The molecule has 1 aromatic carbocycles. The van der Waals surface area contributed by atoms with E-state index >= 15 is 0 Å². The monoisotopic (exact) mass is 906 g/mol. The molecule has 0 bridgehead atoms. The van der Waals surface area contributed by atoms with Crippen LogP contribution < -0.4 is 19.8 Å². The molecule has 0 radical (unpaired) electrons. The number of benzene rings is 1. The second kappa shape index (κ2) is 15.6. The zero-order valence-electron chi connectivity index (χ0n) is 27.4. The lowest BCUT2D eigenvalue weighted by atomic mass is 9.93. The summed E-state index contributed by atoms with van der Waals surface area (Å²) in [6, 6.07) is 4.03. The predicted molar refractivity (Wildman–Crippen MR) is 185 cm³/mol. The summed E-state index contributed by atoms with van der Waals surface area (Å²) in [5, 5.41) is -3.28. The van der Waals surface area contributed by atoms with Crippen molar-refractivity contribution >= 4 is 66.4 Å². The zero-order valence-corrected chi connectivity index (χ0v) is 32.3. The first-order valence-corrected chi connectivity index (χ1v) is 23.4. The topological polar surface area (TPSA) is 434 Å². The van der Waals surface area contributed by atoms with Gasteiger partial charge in [-0.25, -0.2) is 9.97 Å². The van der Waals surface area contributed by atoms with E-state index in [9.17, 15) is 59.6 Å². The molecule has 0 amide bonds. The Balaban J connectivity index is 2.01. The van der Waals surface area contributed by atoms with Crippen molar-refractivity contribution in [2.45, 2.75) is 27.2 Å². The molecule has 32 heteroatoms. The van der Waals surface area contributed by atoms with Crippen molar-refractivity contribution in [3.63, 3.8) is 0 Å². The minimum absolute atomic E-state index is 0.107. The van der Waals surface area contributed by atoms with Crippen molar-refractivity contribution in [2.24, 2.45) is 17.4 Å². The Morgan fingerprint density at radius 3 is 1.45 bits per heavy atom. The number of rotatable bonds is 16. The standard InChI is InChI=1S/C24H26N8O18S6/c25-18(14-6-2-1-3-7-14)19(26)15-8-4-5-11-24(15,55(45,46)49-20-27-16(9-12-51(33,34)35)29-22(31-20)53(39,40)41)56(47,48)50-21-28-17(10-13-52(36,37)38)30-23(32-21)54(42,43)44/h1-8,11,15H,9-10,12-13,25-26H2,(H,33,34,35)(H,36,37,38)(H,39,40,41)(H,42,43,44).